The van der Waals surface area contributed by atoms with Crippen molar-refractivity contribution >= 4 is 40.1 Å². The van der Waals surface area contributed by atoms with Crippen LogP contribution in [0.15, 0.2) is 70.5 Å². The molecule has 0 aliphatic heterocycles. The summed E-state index contributed by atoms with van der Waals surface area (Å²) < 4.78 is 35.1. The summed E-state index contributed by atoms with van der Waals surface area (Å²) in [5, 5.41) is 11.6. The highest BCUT2D eigenvalue weighted by Crippen LogP contribution is 2.19. The Morgan fingerprint density at radius 3 is 1.88 bits per heavy atom. The van der Waals surface area contributed by atoms with Gasteiger partial charge in [0.2, 0.25) is 0 Å². The summed E-state index contributed by atoms with van der Waals surface area (Å²) in [5.41, 5.74) is 1.41. The normalized spacial score (nSPS) is 12.1. The molecule has 0 aromatic heterocycles. The van der Waals surface area contributed by atoms with Gasteiger partial charge in [-0.25, -0.2) is 5.26 Å². The molecule has 2 N–H and O–H groups in total. The largest absolute Gasteiger partial charge is 0.294 e. The second-order valence-electron chi connectivity index (χ2n) is 4.91. The smallest absolute Gasteiger partial charge is 0.290 e. The van der Waals surface area contributed by atoms with Crippen LogP contribution in [0, 0.1) is 0 Å². The zero-order valence-electron chi connectivity index (χ0n) is 13.2. The van der Waals surface area contributed by atoms with Gasteiger partial charge < -0.3 is 0 Å². The van der Waals surface area contributed by atoms with Gasteiger partial charge in [-0.3, -0.25) is 9.35 Å². The molecular weight excluding hydrogens is 380 g/mol. The summed E-state index contributed by atoms with van der Waals surface area (Å²) >= 11 is 0.834. The number of rotatable bonds is 8. The summed E-state index contributed by atoms with van der Waals surface area (Å²) in [5.74, 6) is -0.251. The van der Waals surface area contributed by atoms with Crippen LogP contribution in [0.25, 0.3) is 12.2 Å². The summed E-state index contributed by atoms with van der Waals surface area (Å²) in [6.07, 6.45) is 5.90. The molecule has 0 amide bonds. The van der Waals surface area contributed by atoms with E-state index >= 15 is 0 Å². The van der Waals surface area contributed by atoms with Crippen LogP contribution in [0.1, 0.15) is 11.1 Å². The Morgan fingerprint density at radius 1 is 0.923 bits per heavy atom. The summed E-state index contributed by atoms with van der Waals surface area (Å²) in [7, 11) is -4.23. The molecular formula is C17H14O7S2. The van der Waals surface area contributed by atoms with Gasteiger partial charge in [0, 0.05) is 4.90 Å². The number of carbonyl (C=O) groups is 1. The monoisotopic (exact) mass is 394 g/mol. The van der Waals surface area contributed by atoms with E-state index in [1.54, 1.807) is 30.3 Å². The third-order valence-corrected chi connectivity index (χ3v) is 4.56. The first kappa shape index (κ1) is 20.0. The first-order valence-electron chi connectivity index (χ1n) is 7.11. The molecule has 2 rings (SSSR count). The average Bonchev–Trinajstić information content (AvgIpc) is 2.63. The summed E-state index contributed by atoms with van der Waals surface area (Å²) in [6.45, 7) is 0. The second kappa shape index (κ2) is 9.43. The highest BCUT2D eigenvalue weighted by atomic mass is 32.2. The van der Waals surface area contributed by atoms with Gasteiger partial charge in [0.25, 0.3) is 10.1 Å². The molecule has 0 heterocycles. The average molecular weight is 394 g/mol. The lowest BCUT2D eigenvalue weighted by Crippen LogP contribution is -1.97. The van der Waals surface area contributed by atoms with Gasteiger partial charge in [0.1, 0.15) is 0 Å². The van der Waals surface area contributed by atoms with Crippen LogP contribution in [0.3, 0.4) is 0 Å². The quantitative estimate of drug-likeness (QED) is 0.229. The first-order chi connectivity index (χ1) is 12.4. The van der Waals surface area contributed by atoms with Crippen molar-refractivity contribution in [3.63, 3.8) is 0 Å². The van der Waals surface area contributed by atoms with Crippen LogP contribution in [-0.2, 0) is 24.3 Å². The molecule has 0 saturated carbocycles. The minimum absolute atomic E-state index is 0.210. The van der Waals surface area contributed by atoms with E-state index in [0.717, 1.165) is 17.6 Å². The predicted octanol–water partition coefficient (Wildman–Crippen LogP) is 3.66. The van der Waals surface area contributed by atoms with E-state index in [-0.39, 0.29) is 10.7 Å². The molecule has 0 aliphatic rings. The van der Waals surface area contributed by atoms with Crippen molar-refractivity contribution in [2.75, 3.05) is 0 Å². The van der Waals surface area contributed by atoms with Crippen LogP contribution < -0.4 is 0 Å². The summed E-state index contributed by atoms with van der Waals surface area (Å²) in [6, 6.07) is 12.4. The topological polar surface area (TPSA) is 110 Å². The minimum atomic E-state index is -4.23. The van der Waals surface area contributed by atoms with Crippen LogP contribution in [0.5, 0.6) is 0 Å². The van der Waals surface area contributed by atoms with Gasteiger partial charge in [-0.15, -0.1) is 4.33 Å². The zero-order chi connectivity index (χ0) is 19.0. The van der Waals surface area contributed by atoms with Crippen molar-refractivity contribution < 1.29 is 32.4 Å². The molecule has 0 spiro atoms. The molecule has 0 bridgehead atoms. The van der Waals surface area contributed by atoms with Crippen LogP contribution >= 0.6 is 12.0 Å². The fourth-order valence-corrected chi connectivity index (χ4v) is 2.69. The molecule has 2 aromatic carbocycles. The van der Waals surface area contributed by atoms with Crippen molar-refractivity contribution in [2.45, 2.75) is 9.79 Å². The molecule has 0 aliphatic carbocycles. The van der Waals surface area contributed by atoms with E-state index in [2.05, 4.69) is 9.37 Å². The fourth-order valence-electron chi connectivity index (χ4n) is 1.85. The van der Waals surface area contributed by atoms with Crippen molar-refractivity contribution in [2.24, 2.45) is 0 Å². The number of carbonyl (C=O) groups excluding carboxylic acids is 1. The number of hydrogen-bond acceptors (Lipinski definition) is 7. The van der Waals surface area contributed by atoms with Crippen LogP contribution in [-0.4, -0.2) is 24.0 Å². The molecule has 2 aromatic rings. The van der Waals surface area contributed by atoms with E-state index in [0.29, 0.717) is 10.5 Å². The number of ketones is 1. The Kier molecular flexibility index (Phi) is 7.27. The fraction of sp³-hybridized carbons (Fsp3) is 0. The van der Waals surface area contributed by atoms with Gasteiger partial charge in [-0.1, -0.05) is 41.5 Å². The van der Waals surface area contributed by atoms with E-state index in [4.69, 9.17) is 9.81 Å². The molecule has 0 saturated heterocycles. The van der Waals surface area contributed by atoms with E-state index in [1.807, 2.05) is 0 Å². The molecule has 0 fully saturated rings. The lowest BCUT2D eigenvalue weighted by molar-refractivity contribution is -0.432. The Bertz CT molecular complexity index is 899. The Hall–Kier alpha value is -2.27. The lowest BCUT2D eigenvalue weighted by atomic mass is 10.1. The van der Waals surface area contributed by atoms with Crippen molar-refractivity contribution in [1.82, 2.24) is 0 Å². The highest BCUT2D eigenvalue weighted by molar-refractivity contribution is 7.94. The van der Waals surface area contributed by atoms with E-state index in [1.165, 1.54) is 42.5 Å². The maximum absolute atomic E-state index is 11.8. The number of hydrogen-bond donors (Lipinski definition) is 2. The van der Waals surface area contributed by atoms with Gasteiger partial charge in [-0.2, -0.15) is 8.42 Å². The van der Waals surface area contributed by atoms with Crippen LogP contribution in [0.2, 0.25) is 0 Å². The second-order valence-corrected chi connectivity index (χ2v) is 7.10. The number of allylic oxidation sites excluding steroid dienone is 2. The first-order valence-corrected chi connectivity index (χ1v) is 9.29. The van der Waals surface area contributed by atoms with E-state index in [9.17, 15) is 13.2 Å². The Balaban J connectivity index is 1.95. The summed E-state index contributed by atoms with van der Waals surface area (Å²) in [4.78, 5) is 12.3. The van der Waals surface area contributed by atoms with Crippen LogP contribution in [0.4, 0.5) is 0 Å². The van der Waals surface area contributed by atoms with Crippen molar-refractivity contribution in [3.05, 3.63) is 71.8 Å². The molecule has 0 unspecified atom stereocenters. The van der Waals surface area contributed by atoms with E-state index < -0.39 is 10.1 Å². The van der Waals surface area contributed by atoms with Crippen molar-refractivity contribution in [3.8, 4) is 0 Å². The molecule has 26 heavy (non-hydrogen) atoms. The standard InChI is InChI=1S/C17H14O7S2/c18-15(7-1-13-3-9-16(10-4-13)25-24-23-19)8-2-14-5-11-17(12-6-14)26(20,21)22/h1-12,19H,(H,20,21,22)/b7-1+,8-2+. The molecule has 7 nitrogen and oxygen atoms in total. The number of benzene rings is 2. The highest BCUT2D eigenvalue weighted by Gasteiger charge is 2.07. The van der Waals surface area contributed by atoms with Crippen molar-refractivity contribution in [1.29, 1.82) is 0 Å². The maximum Gasteiger partial charge on any atom is 0.294 e. The SMILES string of the molecule is O=C(/C=C/c1ccc(SOOO)cc1)/C=C/c1ccc(S(=O)(=O)O)cc1. The van der Waals surface area contributed by atoms with Gasteiger partial charge >= 0.3 is 0 Å². The molecule has 136 valence electrons. The molecule has 9 heteroatoms. The molecule has 0 radical (unpaired) electrons. The van der Waals surface area contributed by atoms with Gasteiger partial charge in [0.05, 0.1) is 16.9 Å². The maximum atomic E-state index is 11.8. The third kappa shape index (κ3) is 6.56. The minimum Gasteiger partial charge on any atom is -0.290 e. The van der Waals surface area contributed by atoms with Gasteiger partial charge in [-0.05, 0) is 47.5 Å². The zero-order valence-corrected chi connectivity index (χ0v) is 14.8. The lowest BCUT2D eigenvalue weighted by Gasteiger charge is -1.98. The molecule has 0 atom stereocenters. The Labute approximate surface area is 154 Å². The predicted molar refractivity (Wildman–Crippen MR) is 96.4 cm³/mol. The Morgan fingerprint density at radius 2 is 1.42 bits per heavy atom. The van der Waals surface area contributed by atoms with Gasteiger partial charge in [0.15, 0.2) is 5.78 Å². The third-order valence-electron chi connectivity index (χ3n) is 3.10.